The second kappa shape index (κ2) is 8.03. The van der Waals surface area contributed by atoms with E-state index in [1.165, 1.54) is 6.42 Å². The Hall–Kier alpha value is -1.55. The summed E-state index contributed by atoms with van der Waals surface area (Å²) in [7, 11) is 0. The van der Waals surface area contributed by atoms with Gasteiger partial charge in [0.05, 0.1) is 13.0 Å². The Labute approximate surface area is 126 Å². The maximum Gasteiger partial charge on any atom is 0.227 e. The molecule has 1 aliphatic carbocycles. The molecular weight excluding hydrogens is 266 g/mol. The van der Waals surface area contributed by atoms with Crippen molar-refractivity contribution < 1.29 is 14.6 Å². The Kier molecular flexibility index (Phi) is 6.05. The van der Waals surface area contributed by atoms with Crippen LogP contribution >= 0.6 is 0 Å². The lowest BCUT2D eigenvalue weighted by Crippen LogP contribution is -2.45. The van der Waals surface area contributed by atoms with Crippen LogP contribution in [0, 0.1) is 0 Å². The zero-order valence-corrected chi connectivity index (χ0v) is 12.8. The van der Waals surface area contributed by atoms with Crippen molar-refractivity contribution in [1.29, 1.82) is 0 Å². The summed E-state index contributed by atoms with van der Waals surface area (Å²) in [4.78, 5) is 14.4. The Bertz CT molecular complexity index is 440. The average molecular weight is 291 g/mol. The summed E-state index contributed by atoms with van der Waals surface area (Å²) in [5.41, 5.74) is 1.01. The van der Waals surface area contributed by atoms with Crippen LogP contribution < -0.4 is 4.74 Å². The first-order valence-electron chi connectivity index (χ1n) is 7.86. The third-order valence-corrected chi connectivity index (χ3v) is 3.98. The highest BCUT2D eigenvalue weighted by Crippen LogP contribution is 2.25. The van der Waals surface area contributed by atoms with Crippen LogP contribution in [0.1, 0.15) is 38.2 Å². The number of benzene rings is 1. The van der Waals surface area contributed by atoms with Crippen molar-refractivity contribution in [2.75, 3.05) is 19.8 Å². The predicted octanol–water partition coefficient (Wildman–Crippen LogP) is 2.39. The number of amides is 1. The number of hydrogen-bond acceptors (Lipinski definition) is 3. The summed E-state index contributed by atoms with van der Waals surface area (Å²) in [5.74, 6) is 1.00. The van der Waals surface area contributed by atoms with E-state index in [0.29, 0.717) is 32.0 Å². The molecule has 1 N–H and O–H groups in total. The molecule has 1 aromatic rings. The van der Waals surface area contributed by atoms with E-state index >= 15 is 0 Å². The molecule has 0 aliphatic heterocycles. The fourth-order valence-electron chi connectivity index (χ4n) is 2.60. The predicted molar refractivity (Wildman–Crippen MR) is 82.4 cm³/mol. The van der Waals surface area contributed by atoms with E-state index in [2.05, 4.69) is 0 Å². The van der Waals surface area contributed by atoms with Gasteiger partial charge in [0.25, 0.3) is 0 Å². The lowest BCUT2D eigenvalue weighted by atomic mass is 9.91. The van der Waals surface area contributed by atoms with Crippen molar-refractivity contribution in [2.24, 2.45) is 0 Å². The van der Waals surface area contributed by atoms with Gasteiger partial charge in [-0.15, -0.1) is 0 Å². The van der Waals surface area contributed by atoms with Gasteiger partial charge in [0.1, 0.15) is 5.75 Å². The lowest BCUT2D eigenvalue weighted by Gasteiger charge is -2.37. The van der Waals surface area contributed by atoms with Crippen molar-refractivity contribution in [3.63, 3.8) is 0 Å². The van der Waals surface area contributed by atoms with Crippen molar-refractivity contribution in [2.45, 2.75) is 45.1 Å². The number of rotatable bonds is 8. The molecule has 116 valence electrons. The first-order chi connectivity index (χ1) is 10.2. The molecule has 4 heteroatoms. The normalized spacial score (nSPS) is 14.6. The van der Waals surface area contributed by atoms with E-state index in [-0.39, 0.29) is 12.5 Å². The Morgan fingerprint density at radius 1 is 1.33 bits per heavy atom. The first kappa shape index (κ1) is 15.8. The number of carbonyl (C=O) groups excluding carboxylic acids is 1. The molecule has 0 radical (unpaired) electrons. The van der Waals surface area contributed by atoms with E-state index in [9.17, 15) is 4.79 Å². The number of hydrogen-bond donors (Lipinski definition) is 1. The van der Waals surface area contributed by atoms with Crippen LogP contribution in [0.4, 0.5) is 0 Å². The molecule has 1 aromatic carbocycles. The van der Waals surface area contributed by atoms with Gasteiger partial charge in [-0.25, -0.2) is 0 Å². The SMILES string of the molecule is CCOc1ccc(CC(=O)N(CCCO)C2CCC2)cc1. The topological polar surface area (TPSA) is 49.8 Å². The maximum atomic E-state index is 12.5. The molecular formula is C17H25NO3. The molecule has 4 nitrogen and oxygen atoms in total. The van der Waals surface area contributed by atoms with Gasteiger partial charge < -0.3 is 14.7 Å². The molecule has 1 saturated carbocycles. The monoisotopic (exact) mass is 291 g/mol. The summed E-state index contributed by atoms with van der Waals surface area (Å²) >= 11 is 0. The minimum atomic E-state index is 0.138. The van der Waals surface area contributed by atoms with E-state index < -0.39 is 0 Å². The minimum absolute atomic E-state index is 0.138. The highest BCUT2D eigenvalue weighted by atomic mass is 16.5. The number of aliphatic hydroxyl groups is 1. The zero-order valence-electron chi connectivity index (χ0n) is 12.8. The van der Waals surface area contributed by atoms with Crippen LogP contribution in [0.25, 0.3) is 0 Å². The molecule has 1 fully saturated rings. The van der Waals surface area contributed by atoms with Crippen molar-refractivity contribution in [3.8, 4) is 5.75 Å². The van der Waals surface area contributed by atoms with Crippen LogP contribution in [0.15, 0.2) is 24.3 Å². The second-order valence-electron chi connectivity index (χ2n) is 5.50. The van der Waals surface area contributed by atoms with Gasteiger partial charge in [0.2, 0.25) is 5.91 Å². The van der Waals surface area contributed by atoms with Crippen molar-refractivity contribution in [1.82, 2.24) is 4.90 Å². The molecule has 0 spiro atoms. The summed E-state index contributed by atoms with van der Waals surface area (Å²) in [6.07, 6.45) is 4.48. The average Bonchev–Trinajstić information content (AvgIpc) is 2.43. The van der Waals surface area contributed by atoms with Gasteiger partial charge >= 0.3 is 0 Å². The molecule has 0 heterocycles. The first-order valence-corrected chi connectivity index (χ1v) is 7.86. The van der Waals surface area contributed by atoms with E-state index in [4.69, 9.17) is 9.84 Å². The molecule has 1 amide bonds. The quantitative estimate of drug-likeness (QED) is 0.800. The van der Waals surface area contributed by atoms with Gasteiger partial charge in [-0.3, -0.25) is 4.79 Å². The minimum Gasteiger partial charge on any atom is -0.494 e. The zero-order chi connectivity index (χ0) is 15.1. The van der Waals surface area contributed by atoms with Crippen molar-refractivity contribution >= 4 is 5.91 Å². The van der Waals surface area contributed by atoms with Gasteiger partial charge in [0.15, 0.2) is 0 Å². The van der Waals surface area contributed by atoms with Crippen LogP contribution in [-0.2, 0) is 11.2 Å². The van der Waals surface area contributed by atoms with Gasteiger partial charge in [-0.05, 0) is 50.3 Å². The van der Waals surface area contributed by atoms with Gasteiger partial charge in [0, 0.05) is 19.2 Å². The smallest absolute Gasteiger partial charge is 0.227 e. The van der Waals surface area contributed by atoms with E-state index in [1.807, 2.05) is 36.1 Å². The number of carbonyl (C=O) groups is 1. The second-order valence-corrected chi connectivity index (χ2v) is 5.50. The van der Waals surface area contributed by atoms with Crippen LogP contribution in [0.2, 0.25) is 0 Å². The van der Waals surface area contributed by atoms with E-state index in [0.717, 1.165) is 24.2 Å². The Morgan fingerprint density at radius 2 is 2.05 bits per heavy atom. The highest BCUT2D eigenvalue weighted by molar-refractivity contribution is 5.79. The van der Waals surface area contributed by atoms with E-state index in [1.54, 1.807) is 0 Å². The fourth-order valence-corrected chi connectivity index (χ4v) is 2.60. The molecule has 0 bridgehead atoms. The fraction of sp³-hybridized carbons (Fsp3) is 0.588. The Morgan fingerprint density at radius 3 is 2.57 bits per heavy atom. The standard InChI is InChI=1S/C17H25NO3/c1-2-21-16-9-7-14(8-10-16)13-17(20)18(11-4-12-19)15-5-3-6-15/h7-10,15,19H,2-6,11-13H2,1H3. The largest absolute Gasteiger partial charge is 0.494 e. The number of nitrogens with zero attached hydrogens (tertiary/aromatic N) is 1. The molecule has 0 saturated heterocycles. The third-order valence-electron chi connectivity index (χ3n) is 3.98. The molecule has 0 unspecified atom stereocenters. The molecule has 21 heavy (non-hydrogen) atoms. The van der Waals surface area contributed by atoms with Crippen LogP contribution in [0.3, 0.4) is 0 Å². The van der Waals surface area contributed by atoms with Crippen molar-refractivity contribution in [3.05, 3.63) is 29.8 Å². The maximum absolute atomic E-state index is 12.5. The van der Waals surface area contributed by atoms with Crippen LogP contribution in [-0.4, -0.2) is 41.7 Å². The van der Waals surface area contributed by atoms with Gasteiger partial charge in [-0.1, -0.05) is 12.1 Å². The summed E-state index contributed by atoms with van der Waals surface area (Å²) in [5, 5.41) is 8.99. The highest BCUT2D eigenvalue weighted by Gasteiger charge is 2.28. The molecule has 0 aromatic heterocycles. The number of ether oxygens (including phenoxy) is 1. The van der Waals surface area contributed by atoms with Crippen LogP contribution in [0.5, 0.6) is 5.75 Å². The molecule has 0 atom stereocenters. The van der Waals surface area contributed by atoms with Gasteiger partial charge in [-0.2, -0.15) is 0 Å². The lowest BCUT2D eigenvalue weighted by molar-refractivity contribution is -0.134. The molecule has 2 rings (SSSR count). The summed E-state index contributed by atoms with van der Waals surface area (Å²) in [6.45, 7) is 3.40. The Balaban J connectivity index is 1.93. The summed E-state index contributed by atoms with van der Waals surface area (Å²) < 4.78 is 5.41. The third kappa shape index (κ3) is 4.46. The number of aliphatic hydroxyl groups excluding tert-OH is 1. The summed E-state index contributed by atoms with van der Waals surface area (Å²) in [6, 6.07) is 8.11. The molecule has 1 aliphatic rings.